The first-order valence-electron chi connectivity index (χ1n) is 11.7. The first kappa shape index (κ1) is 32.9. The molecule has 2 N–H and O–H groups in total. The van der Waals surface area contributed by atoms with E-state index in [0.717, 1.165) is 12.0 Å². The molecule has 2 atom stereocenters. The Morgan fingerprint density at radius 2 is 1.80 bits per heavy atom. The lowest BCUT2D eigenvalue weighted by atomic mass is 10.1. The van der Waals surface area contributed by atoms with E-state index in [4.69, 9.17) is 16.3 Å². The Hall–Kier alpha value is -3.30. The van der Waals surface area contributed by atoms with Crippen molar-refractivity contribution in [3.05, 3.63) is 72.2 Å². The molecule has 2 aromatic rings. The molecular weight excluding hydrogens is 582 g/mol. The van der Waals surface area contributed by atoms with Gasteiger partial charge in [-0.05, 0) is 18.3 Å². The number of hydrazone groups is 1. The molecule has 1 saturated carbocycles. The van der Waals surface area contributed by atoms with E-state index in [9.17, 15) is 32.5 Å². The molecule has 0 bridgehead atoms. The van der Waals surface area contributed by atoms with Crippen LogP contribution in [0.1, 0.15) is 36.8 Å². The van der Waals surface area contributed by atoms with Crippen LogP contribution in [-0.2, 0) is 34.0 Å². The highest BCUT2D eigenvalue weighted by Crippen LogP contribution is 2.59. The van der Waals surface area contributed by atoms with E-state index in [1.54, 1.807) is 12.3 Å². The lowest BCUT2D eigenvalue weighted by Gasteiger charge is -2.12. The Morgan fingerprint density at radius 3 is 2.25 bits per heavy atom. The largest absolute Gasteiger partial charge is 0.460 e. The van der Waals surface area contributed by atoms with Gasteiger partial charge in [-0.2, -0.15) is 0 Å². The van der Waals surface area contributed by atoms with Gasteiger partial charge < -0.3 is 20.1 Å². The van der Waals surface area contributed by atoms with Crippen LogP contribution in [0.4, 0.5) is 17.6 Å². The topological polar surface area (TPSA) is 128 Å². The smallest absolute Gasteiger partial charge is 0.310 e. The lowest BCUT2D eigenvalue weighted by Crippen LogP contribution is -2.34. The number of thiazole rings is 1. The van der Waals surface area contributed by atoms with E-state index >= 15 is 0 Å². The molecule has 0 saturated heterocycles. The Kier molecular flexibility index (Phi) is 11.8. The zero-order valence-corrected chi connectivity index (χ0v) is 23.8. The summed E-state index contributed by atoms with van der Waals surface area (Å²) in [5.41, 5.74) is -2.13. The van der Waals surface area contributed by atoms with Gasteiger partial charge in [0, 0.05) is 25.2 Å². The van der Waals surface area contributed by atoms with E-state index in [-0.39, 0.29) is 17.3 Å². The van der Waals surface area contributed by atoms with Crippen molar-refractivity contribution in [3.63, 3.8) is 0 Å². The number of carbonyl (C=O) groups excluding carboxylic acids is 1. The molecule has 1 heterocycles. The number of carbonyl (C=O) groups is 1. The molecule has 0 radical (unpaired) electrons. The van der Waals surface area contributed by atoms with E-state index < -0.39 is 64.5 Å². The molecule has 0 amide bonds. The maximum Gasteiger partial charge on any atom is 0.310 e. The van der Waals surface area contributed by atoms with Crippen molar-refractivity contribution in [1.82, 2.24) is 15.6 Å². The maximum atomic E-state index is 14.0. The second-order valence-corrected chi connectivity index (χ2v) is 10.7. The summed E-state index contributed by atoms with van der Waals surface area (Å²) < 4.78 is 65.6. The van der Waals surface area contributed by atoms with E-state index in [1.807, 2.05) is 26.8 Å². The number of guanidine groups is 1. The van der Waals surface area contributed by atoms with E-state index in [2.05, 4.69) is 25.5 Å². The summed E-state index contributed by atoms with van der Waals surface area (Å²) in [4.78, 5) is 26.9. The minimum Gasteiger partial charge on any atom is -0.460 e. The average Bonchev–Trinajstić information content (AvgIpc) is 3.19. The minimum absolute atomic E-state index is 0.0442. The number of methoxy groups -OCH3 is 1. The maximum absolute atomic E-state index is 14.0. The van der Waals surface area contributed by atoms with Gasteiger partial charge in [-0.3, -0.25) is 4.79 Å². The predicted octanol–water partition coefficient (Wildman–Crippen LogP) is 4.93. The van der Waals surface area contributed by atoms with Crippen molar-refractivity contribution >= 4 is 34.9 Å². The van der Waals surface area contributed by atoms with E-state index in [0.29, 0.717) is 11.0 Å². The molecule has 1 aliphatic rings. The summed E-state index contributed by atoms with van der Waals surface area (Å²) in [6, 6.07) is 0. The Morgan fingerprint density at radius 1 is 1.23 bits per heavy atom. The highest BCUT2D eigenvalue weighted by Gasteiger charge is 2.61. The number of aromatic nitrogens is 1. The summed E-state index contributed by atoms with van der Waals surface area (Å²) in [6.45, 7) is 4.43. The Bertz CT molecular complexity index is 1260. The van der Waals surface area contributed by atoms with Crippen molar-refractivity contribution in [2.45, 2.75) is 40.5 Å². The zero-order chi connectivity index (χ0) is 30.2. The van der Waals surface area contributed by atoms with Gasteiger partial charge in [-0.1, -0.05) is 37.6 Å². The summed E-state index contributed by atoms with van der Waals surface area (Å²) in [5.74, 6) is -7.35. The van der Waals surface area contributed by atoms with Gasteiger partial charge in [-0.15, -0.1) is 11.3 Å². The molecule has 10 nitrogen and oxygen atoms in total. The van der Waals surface area contributed by atoms with Gasteiger partial charge in [0.05, 0.1) is 30.2 Å². The molecule has 0 aliphatic heterocycles. The van der Waals surface area contributed by atoms with Gasteiger partial charge in [0.2, 0.25) is 0 Å². The molecule has 3 rings (SSSR count). The number of nitrogens with zero attached hydrogens (tertiary/aromatic N) is 3. The van der Waals surface area contributed by atoms with Crippen LogP contribution in [0.3, 0.4) is 0 Å². The van der Waals surface area contributed by atoms with Crippen LogP contribution >= 0.6 is 22.9 Å². The molecule has 220 valence electrons. The Balaban J connectivity index is 0.000000319. The van der Waals surface area contributed by atoms with Crippen LogP contribution in [0.25, 0.3) is 0 Å². The highest BCUT2D eigenvalue weighted by atomic mass is 35.5. The van der Waals surface area contributed by atoms with Gasteiger partial charge >= 0.3 is 5.97 Å². The summed E-state index contributed by atoms with van der Waals surface area (Å²) in [7, 11) is 2.68. The number of rotatable bonds is 9. The van der Waals surface area contributed by atoms with Crippen LogP contribution in [0.5, 0.6) is 0 Å². The van der Waals surface area contributed by atoms with E-state index in [1.165, 1.54) is 18.4 Å². The summed E-state index contributed by atoms with van der Waals surface area (Å²) in [5, 5.41) is 17.7. The first-order chi connectivity index (χ1) is 18.8. The average molecular weight is 610 g/mol. The monoisotopic (exact) mass is 609 g/mol. The summed E-state index contributed by atoms with van der Waals surface area (Å²) >= 11 is 6.92. The highest BCUT2D eigenvalue weighted by molar-refractivity contribution is 7.15. The molecule has 1 aromatic heterocycles. The molecule has 0 spiro atoms. The van der Waals surface area contributed by atoms with Crippen molar-refractivity contribution in [1.29, 1.82) is 0 Å². The SMILES string of the molecule is C/C=C/C1C(C(=O)OCc2c(F)c(F)c(COC)c(F)c2F)C1(C)C.CN/C(=N\[N+](=O)[O-])NCc1cnc(Cl)s1. The van der Waals surface area contributed by atoms with Crippen molar-refractivity contribution in [2.75, 3.05) is 14.2 Å². The third-order valence-corrected chi connectivity index (χ3v) is 7.15. The fourth-order valence-electron chi connectivity index (χ4n) is 3.84. The van der Waals surface area contributed by atoms with Gasteiger partial charge in [0.25, 0.3) is 5.96 Å². The summed E-state index contributed by atoms with van der Waals surface area (Å²) in [6.07, 6.45) is 5.25. The molecule has 16 heteroatoms. The normalized spacial score (nSPS) is 17.7. The number of nitro groups is 1. The van der Waals surface area contributed by atoms with Crippen molar-refractivity contribution in [2.24, 2.45) is 22.4 Å². The minimum atomic E-state index is -1.58. The fraction of sp³-hybridized carbons (Fsp3) is 0.458. The molecule has 1 aliphatic carbocycles. The lowest BCUT2D eigenvalue weighted by molar-refractivity contribution is -0.485. The van der Waals surface area contributed by atoms with Crippen LogP contribution < -0.4 is 10.6 Å². The Labute approximate surface area is 236 Å². The van der Waals surface area contributed by atoms with Gasteiger partial charge in [-0.25, -0.2) is 32.7 Å². The number of ether oxygens (including phenoxy) is 2. The number of hydrogen-bond acceptors (Lipinski definition) is 7. The number of allylic oxidation sites excluding steroid dienone is 2. The fourth-order valence-corrected chi connectivity index (χ4v) is 4.76. The van der Waals surface area contributed by atoms with Gasteiger partial charge in [0.15, 0.2) is 32.8 Å². The number of esters is 1. The molecule has 40 heavy (non-hydrogen) atoms. The molecule has 1 fully saturated rings. The van der Waals surface area contributed by atoms with Crippen LogP contribution in [-0.4, -0.2) is 36.1 Å². The number of hydrogen-bond donors (Lipinski definition) is 2. The predicted molar refractivity (Wildman–Crippen MR) is 140 cm³/mol. The second kappa shape index (κ2) is 14.4. The van der Waals surface area contributed by atoms with Crippen LogP contribution in [0.2, 0.25) is 4.47 Å². The number of nitrogens with one attached hydrogen (secondary N) is 2. The van der Waals surface area contributed by atoms with Crippen molar-refractivity contribution < 1.29 is 36.9 Å². The third-order valence-electron chi connectivity index (χ3n) is 6.03. The number of halogens is 5. The molecule has 2 unspecified atom stereocenters. The zero-order valence-electron chi connectivity index (χ0n) is 22.2. The van der Waals surface area contributed by atoms with Gasteiger partial charge in [0.1, 0.15) is 11.7 Å². The van der Waals surface area contributed by atoms with Crippen LogP contribution in [0, 0.1) is 50.6 Å². The first-order valence-corrected chi connectivity index (χ1v) is 12.9. The third kappa shape index (κ3) is 8.11. The molecular formula is C24H28ClF4N5O5S. The quantitative estimate of drug-likeness (QED) is 0.0598. The van der Waals surface area contributed by atoms with Crippen LogP contribution in [0.15, 0.2) is 23.5 Å². The second-order valence-electron chi connectivity index (χ2n) is 8.97. The standard InChI is InChI=1S/C18H20F4O3.C6H8ClN5O2S/c1-5-6-11-12(18(11,2)3)17(23)25-8-10-15(21)13(19)9(7-24-4)14(20)16(10)22;1-8-6(11-12(13)14)10-3-4-2-9-5(7)15-4/h5-6,11-12H,7-8H2,1-4H3;2H,3H2,1H3,(H2,8,10,11)/b6-5+;. The van der Waals surface area contributed by atoms with Crippen molar-refractivity contribution in [3.8, 4) is 0 Å². The molecule has 1 aromatic carbocycles. The number of benzene rings is 1.